The molecule has 1 aromatic carbocycles. The topological polar surface area (TPSA) is 91.2 Å². The molecule has 0 bridgehead atoms. The first-order valence-corrected chi connectivity index (χ1v) is 6.71. The Morgan fingerprint density at radius 3 is 2.76 bits per heavy atom. The SMILES string of the molecule is COCCNC(=O)C1(C(=O)Nc2cccc(C#N)c2)CC1. The fourth-order valence-corrected chi connectivity index (χ4v) is 2.04. The van der Waals surface area contributed by atoms with Crippen LogP contribution in [0.15, 0.2) is 24.3 Å². The first kappa shape index (κ1) is 15.0. The van der Waals surface area contributed by atoms with E-state index in [2.05, 4.69) is 10.6 Å². The van der Waals surface area contributed by atoms with Gasteiger partial charge in [-0.2, -0.15) is 5.26 Å². The highest BCUT2D eigenvalue weighted by Gasteiger charge is 2.56. The fourth-order valence-electron chi connectivity index (χ4n) is 2.04. The fraction of sp³-hybridized carbons (Fsp3) is 0.400. The molecule has 6 heteroatoms. The summed E-state index contributed by atoms with van der Waals surface area (Å²) in [5.41, 5.74) is 0.00772. The molecule has 2 rings (SSSR count). The number of anilines is 1. The van der Waals surface area contributed by atoms with E-state index < -0.39 is 5.41 Å². The Balaban J connectivity index is 1.99. The van der Waals surface area contributed by atoms with Crippen LogP contribution >= 0.6 is 0 Å². The van der Waals surface area contributed by atoms with Crippen LogP contribution in [0, 0.1) is 16.7 Å². The van der Waals surface area contributed by atoms with Crippen molar-refractivity contribution in [3.8, 4) is 6.07 Å². The summed E-state index contributed by atoms with van der Waals surface area (Å²) in [5.74, 6) is -0.596. The second kappa shape index (κ2) is 6.37. The first-order valence-electron chi connectivity index (χ1n) is 6.71. The van der Waals surface area contributed by atoms with Crippen LogP contribution in [0.4, 0.5) is 5.69 Å². The zero-order valence-corrected chi connectivity index (χ0v) is 11.8. The van der Waals surface area contributed by atoms with Crippen LogP contribution in [0.5, 0.6) is 0 Å². The van der Waals surface area contributed by atoms with Crippen molar-refractivity contribution in [3.05, 3.63) is 29.8 Å². The molecule has 0 heterocycles. The Labute approximate surface area is 123 Å². The maximum atomic E-state index is 12.3. The van der Waals surface area contributed by atoms with Gasteiger partial charge in [0.15, 0.2) is 0 Å². The van der Waals surface area contributed by atoms with E-state index in [9.17, 15) is 9.59 Å². The van der Waals surface area contributed by atoms with Gasteiger partial charge < -0.3 is 15.4 Å². The number of rotatable bonds is 6. The molecule has 0 saturated heterocycles. The van der Waals surface area contributed by atoms with Crippen LogP contribution in [0.25, 0.3) is 0 Å². The second-order valence-electron chi connectivity index (χ2n) is 4.98. The quantitative estimate of drug-likeness (QED) is 0.604. The molecule has 2 N–H and O–H groups in total. The van der Waals surface area contributed by atoms with Crippen LogP contribution in [-0.2, 0) is 14.3 Å². The van der Waals surface area contributed by atoms with Gasteiger partial charge >= 0.3 is 0 Å². The predicted molar refractivity (Wildman–Crippen MR) is 76.3 cm³/mol. The highest BCUT2D eigenvalue weighted by Crippen LogP contribution is 2.46. The van der Waals surface area contributed by atoms with Crippen LogP contribution < -0.4 is 10.6 Å². The van der Waals surface area contributed by atoms with Crippen LogP contribution in [0.3, 0.4) is 0 Å². The Hall–Kier alpha value is -2.39. The van der Waals surface area contributed by atoms with Gasteiger partial charge in [-0.25, -0.2) is 0 Å². The number of nitriles is 1. The maximum absolute atomic E-state index is 12.3. The Kier molecular flexibility index (Phi) is 4.55. The number of benzene rings is 1. The van der Waals surface area contributed by atoms with E-state index in [1.807, 2.05) is 6.07 Å². The van der Waals surface area contributed by atoms with Gasteiger partial charge in [0.2, 0.25) is 11.8 Å². The average molecular weight is 287 g/mol. The maximum Gasteiger partial charge on any atom is 0.240 e. The number of methoxy groups -OCH3 is 1. The van der Waals surface area contributed by atoms with Gasteiger partial charge in [-0.3, -0.25) is 9.59 Å². The minimum absolute atomic E-state index is 0.270. The zero-order valence-electron chi connectivity index (χ0n) is 11.8. The lowest BCUT2D eigenvalue weighted by Gasteiger charge is -2.15. The summed E-state index contributed by atoms with van der Waals surface area (Å²) in [6, 6.07) is 8.62. The van der Waals surface area contributed by atoms with Gasteiger partial charge in [0, 0.05) is 19.3 Å². The number of amides is 2. The molecule has 0 aliphatic heterocycles. The number of nitrogens with zero attached hydrogens (tertiary/aromatic N) is 1. The summed E-state index contributed by atoms with van der Waals surface area (Å²) in [7, 11) is 1.55. The lowest BCUT2D eigenvalue weighted by molar-refractivity contribution is -0.134. The van der Waals surface area contributed by atoms with Crippen LogP contribution in [0.1, 0.15) is 18.4 Å². The third-order valence-electron chi connectivity index (χ3n) is 3.46. The summed E-state index contributed by atoms with van der Waals surface area (Å²) in [6.45, 7) is 0.794. The number of carbonyl (C=O) groups excluding carboxylic acids is 2. The van der Waals surface area contributed by atoms with Gasteiger partial charge in [-0.05, 0) is 31.0 Å². The monoisotopic (exact) mass is 287 g/mol. The van der Waals surface area contributed by atoms with Crippen molar-refractivity contribution < 1.29 is 14.3 Å². The minimum Gasteiger partial charge on any atom is -0.383 e. The highest BCUT2D eigenvalue weighted by atomic mass is 16.5. The van der Waals surface area contributed by atoms with E-state index >= 15 is 0 Å². The summed E-state index contributed by atoms with van der Waals surface area (Å²) >= 11 is 0. The van der Waals surface area contributed by atoms with Crippen molar-refractivity contribution in [1.29, 1.82) is 5.26 Å². The summed E-state index contributed by atoms with van der Waals surface area (Å²) in [6.07, 6.45) is 1.07. The molecule has 1 aromatic rings. The normalized spacial score (nSPS) is 14.9. The van der Waals surface area contributed by atoms with Crippen molar-refractivity contribution in [2.24, 2.45) is 5.41 Å². The molecule has 1 aliphatic carbocycles. The molecule has 0 spiro atoms. The molecule has 1 aliphatic rings. The number of hydrogen-bond acceptors (Lipinski definition) is 4. The van der Waals surface area contributed by atoms with Crippen molar-refractivity contribution in [3.63, 3.8) is 0 Å². The van der Waals surface area contributed by atoms with Crippen LogP contribution in [-0.4, -0.2) is 32.1 Å². The average Bonchev–Trinajstić information content (AvgIpc) is 3.29. The van der Waals surface area contributed by atoms with E-state index in [1.54, 1.807) is 31.4 Å². The molecular formula is C15H17N3O3. The first-order chi connectivity index (χ1) is 10.1. The molecule has 1 saturated carbocycles. The molecule has 0 atom stereocenters. The zero-order chi connectivity index (χ0) is 15.3. The number of carbonyl (C=O) groups is 2. The minimum atomic E-state index is -0.976. The molecule has 0 radical (unpaired) electrons. The summed E-state index contributed by atoms with van der Waals surface area (Å²) in [4.78, 5) is 24.4. The van der Waals surface area contributed by atoms with E-state index in [4.69, 9.17) is 10.00 Å². The highest BCUT2D eigenvalue weighted by molar-refractivity contribution is 6.13. The van der Waals surface area contributed by atoms with Gasteiger partial charge in [0.1, 0.15) is 5.41 Å². The lowest BCUT2D eigenvalue weighted by atomic mass is 10.0. The Bertz CT molecular complexity index is 588. The third kappa shape index (κ3) is 3.38. The molecular weight excluding hydrogens is 270 g/mol. The largest absolute Gasteiger partial charge is 0.383 e. The van der Waals surface area contributed by atoms with Crippen molar-refractivity contribution in [1.82, 2.24) is 5.32 Å². The molecule has 2 amide bonds. The number of hydrogen-bond donors (Lipinski definition) is 2. The van der Waals surface area contributed by atoms with Crippen molar-refractivity contribution >= 4 is 17.5 Å². The van der Waals surface area contributed by atoms with Gasteiger partial charge in [0.05, 0.1) is 18.2 Å². The summed E-state index contributed by atoms with van der Waals surface area (Å²) in [5, 5.41) is 14.2. The van der Waals surface area contributed by atoms with Gasteiger partial charge in [0.25, 0.3) is 0 Å². The summed E-state index contributed by atoms with van der Waals surface area (Å²) < 4.78 is 4.86. The van der Waals surface area contributed by atoms with Gasteiger partial charge in [-0.1, -0.05) is 6.07 Å². The molecule has 6 nitrogen and oxygen atoms in total. The van der Waals surface area contributed by atoms with Crippen molar-refractivity contribution in [2.75, 3.05) is 25.6 Å². The third-order valence-corrected chi connectivity index (χ3v) is 3.46. The van der Waals surface area contributed by atoms with E-state index in [1.165, 1.54) is 0 Å². The van der Waals surface area contributed by atoms with Crippen LogP contribution in [0.2, 0.25) is 0 Å². The molecule has 0 unspecified atom stereocenters. The molecule has 1 fully saturated rings. The van der Waals surface area contributed by atoms with E-state index in [0.29, 0.717) is 37.2 Å². The van der Waals surface area contributed by atoms with Gasteiger partial charge in [-0.15, -0.1) is 0 Å². The van der Waals surface area contributed by atoms with E-state index in [0.717, 1.165) is 0 Å². The molecule has 0 aromatic heterocycles. The predicted octanol–water partition coefficient (Wildman–Crippen LogP) is 1.04. The van der Waals surface area contributed by atoms with E-state index in [-0.39, 0.29) is 11.8 Å². The standard InChI is InChI=1S/C15H17N3O3/c1-21-8-7-17-13(19)15(5-6-15)14(20)18-12-4-2-3-11(9-12)10-16/h2-4,9H,5-8H2,1H3,(H,17,19)(H,18,20). The Morgan fingerprint density at radius 1 is 1.38 bits per heavy atom. The molecule has 110 valence electrons. The second-order valence-corrected chi connectivity index (χ2v) is 4.98. The Morgan fingerprint density at radius 2 is 2.14 bits per heavy atom. The lowest BCUT2D eigenvalue weighted by Crippen LogP contribution is -2.41. The molecule has 21 heavy (non-hydrogen) atoms. The van der Waals surface area contributed by atoms with Crippen molar-refractivity contribution in [2.45, 2.75) is 12.8 Å². The number of ether oxygens (including phenoxy) is 1. The smallest absolute Gasteiger partial charge is 0.240 e. The number of nitrogens with one attached hydrogen (secondary N) is 2.